The lowest BCUT2D eigenvalue weighted by atomic mass is 10.0. The summed E-state index contributed by atoms with van der Waals surface area (Å²) in [7, 11) is 4.92. The van der Waals surface area contributed by atoms with Crippen LogP contribution < -0.4 is 28.7 Å². The van der Waals surface area contributed by atoms with Crippen LogP contribution in [-0.2, 0) is 0 Å². The van der Waals surface area contributed by atoms with Crippen LogP contribution >= 0.6 is 0 Å². The molecule has 0 radical (unpaired) electrons. The molecular weight excluding hydrogens is 675 g/mol. The molecule has 2 aliphatic rings. The van der Waals surface area contributed by atoms with Crippen LogP contribution in [0.5, 0.6) is 0 Å². The Labute approximate surface area is 311 Å². The monoisotopic (exact) mass is 710 g/mol. The van der Waals surface area contributed by atoms with E-state index in [9.17, 15) is 0 Å². The molecule has 7 aromatic rings. The van der Waals surface area contributed by atoms with Gasteiger partial charge < -0.3 is 9.97 Å². The molecule has 0 saturated carbocycles. The minimum Gasteiger partial charge on any atom is -0.354 e. The zero-order chi connectivity index (χ0) is 36.6. The lowest BCUT2D eigenvalue weighted by Crippen LogP contribution is -2.39. The number of hydrogen-bond acceptors (Lipinski definition) is 5. The second-order valence-corrected chi connectivity index (χ2v) is 12.8. The maximum Gasteiger partial charge on any atom is 0.223 e. The molecule has 10 nitrogen and oxygen atoms in total. The molecule has 2 aliphatic heterocycles. The number of pyridine rings is 3. The molecular formula is C44H36N7O3+3. The number of nitrogens with zero attached hydrogens (tertiary/aromatic N) is 5. The molecule has 0 aliphatic carbocycles. The summed E-state index contributed by atoms with van der Waals surface area (Å²) < 4.78 is 4.99. The van der Waals surface area contributed by atoms with Gasteiger partial charge in [0.25, 0.3) is 0 Å². The highest BCUT2D eigenvalue weighted by atomic mass is 16.6. The fourth-order valence-electron chi connectivity index (χ4n) is 7.13. The first-order valence-corrected chi connectivity index (χ1v) is 17.5. The molecule has 10 heteroatoms. The average Bonchev–Trinajstić information content (AvgIpc) is 4.07. The standard InChI is InChI=1S/C44H35N7O3/c1-52-49-23-17-30(18-24-49)42-35-11-9-33(45-35)41(29-7-5-4-6-8-29)34-10-12-36(46-34)43(31-19-25-50(53-2)26-20-31)38-14-16-40(48-38)44(39-15-13-37(42)47-39)32-21-27-51(54-3)28-22-32/h4-28H,1-3H3,(H,45,46,47,48)/q+2/p+1. The topological polar surface area (TPSA) is 96.7 Å². The van der Waals surface area contributed by atoms with Crippen molar-refractivity contribution in [3.05, 3.63) is 151 Å². The third-order valence-corrected chi connectivity index (χ3v) is 9.72. The van der Waals surface area contributed by atoms with Crippen LogP contribution in [0.1, 0.15) is 22.8 Å². The fourth-order valence-corrected chi connectivity index (χ4v) is 7.13. The maximum absolute atomic E-state index is 5.44. The maximum atomic E-state index is 5.44. The molecule has 0 saturated heterocycles. The van der Waals surface area contributed by atoms with Crippen LogP contribution in [0.15, 0.2) is 128 Å². The number of fused-ring (bicyclic) bond motifs is 8. The van der Waals surface area contributed by atoms with Crippen molar-refractivity contribution >= 4 is 46.4 Å². The van der Waals surface area contributed by atoms with Gasteiger partial charge in [-0.1, -0.05) is 30.3 Å². The van der Waals surface area contributed by atoms with Crippen LogP contribution in [0.25, 0.3) is 90.9 Å². The van der Waals surface area contributed by atoms with Crippen molar-refractivity contribution in [1.82, 2.24) is 19.9 Å². The summed E-state index contributed by atoms with van der Waals surface area (Å²) in [6.45, 7) is 0. The number of aromatic nitrogens is 7. The number of aromatic amines is 2. The van der Waals surface area contributed by atoms with E-state index < -0.39 is 0 Å². The first kappa shape index (κ1) is 32.6. The molecule has 8 bridgehead atoms. The van der Waals surface area contributed by atoms with Crippen LogP contribution in [0.4, 0.5) is 0 Å². The van der Waals surface area contributed by atoms with E-state index in [0.717, 1.165) is 89.4 Å². The third kappa shape index (κ3) is 5.85. The third-order valence-electron chi connectivity index (χ3n) is 9.72. The summed E-state index contributed by atoms with van der Waals surface area (Å²) in [5.41, 5.74) is 14.8. The molecule has 262 valence electrons. The van der Waals surface area contributed by atoms with Crippen molar-refractivity contribution < 1.29 is 28.7 Å². The molecule has 0 amide bonds. The van der Waals surface area contributed by atoms with E-state index in [1.807, 2.05) is 79.6 Å². The highest BCUT2D eigenvalue weighted by Crippen LogP contribution is 2.38. The van der Waals surface area contributed by atoms with Gasteiger partial charge in [0.2, 0.25) is 37.2 Å². The van der Waals surface area contributed by atoms with Gasteiger partial charge >= 0.3 is 0 Å². The van der Waals surface area contributed by atoms with Gasteiger partial charge in [-0.3, -0.25) is 14.5 Å². The summed E-state index contributed by atoms with van der Waals surface area (Å²) in [5.74, 6) is 0. The Kier molecular flexibility index (Phi) is 8.24. The molecule has 2 N–H and O–H groups in total. The second kappa shape index (κ2) is 13.7. The molecule has 0 unspecified atom stereocenters. The Morgan fingerprint density at radius 2 is 0.648 bits per heavy atom. The van der Waals surface area contributed by atoms with E-state index in [2.05, 4.69) is 82.8 Å². The second-order valence-electron chi connectivity index (χ2n) is 12.8. The smallest absolute Gasteiger partial charge is 0.223 e. The van der Waals surface area contributed by atoms with Gasteiger partial charge in [0.15, 0.2) is 0 Å². The number of benzene rings is 1. The van der Waals surface area contributed by atoms with Gasteiger partial charge in [0.05, 0.1) is 22.8 Å². The van der Waals surface area contributed by atoms with E-state index in [1.54, 1.807) is 35.5 Å². The van der Waals surface area contributed by atoms with E-state index in [4.69, 9.17) is 24.5 Å². The van der Waals surface area contributed by atoms with E-state index in [1.165, 1.54) is 0 Å². The zero-order valence-corrected chi connectivity index (χ0v) is 29.9. The molecule has 1 aromatic carbocycles. The minimum absolute atomic E-state index is 0.820. The van der Waals surface area contributed by atoms with Crippen molar-refractivity contribution in [1.29, 1.82) is 0 Å². The molecule has 0 fully saturated rings. The van der Waals surface area contributed by atoms with Gasteiger partial charge in [-0.2, -0.15) is 0 Å². The van der Waals surface area contributed by atoms with Crippen molar-refractivity contribution in [2.45, 2.75) is 0 Å². The van der Waals surface area contributed by atoms with Crippen molar-refractivity contribution in [3.63, 3.8) is 0 Å². The number of H-pyrrole nitrogens is 2. The minimum atomic E-state index is 0.820. The van der Waals surface area contributed by atoms with Crippen LogP contribution in [0.2, 0.25) is 0 Å². The Hall–Kier alpha value is -7.33. The number of rotatable bonds is 7. The molecule has 0 spiro atoms. The van der Waals surface area contributed by atoms with Crippen LogP contribution in [0.3, 0.4) is 0 Å². The molecule has 0 atom stereocenters. The first-order valence-electron chi connectivity index (χ1n) is 17.5. The van der Waals surface area contributed by atoms with Crippen molar-refractivity contribution in [3.8, 4) is 44.5 Å². The van der Waals surface area contributed by atoms with Gasteiger partial charge in [0, 0.05) is 94.9 Å². The summed E-state index contributed by atoms with van der Waals surface area (Å²) in [6, 6.07) is 31.1. The lowest BCUT2D eigenvalue weighted by Gasteiger charge is -2.06. The Balaban J connectivity index is 1.44. The molecule has 54 heavy (non-hydrogen) atoms. The lowest BCUT2D eigenvalue weighted by molar-refractivity contribution is -0.885. The van der Waals surface area contributed by atoms with Gasteiger partial charge in [-0.25, -0.2) is 9.97 Å². The van der Waals surface area contributed by atoms with E-state index >= 15 is 0 Å². The quantitative estimate of drug-likeness (QED) is 0.188. The van der Waals surface area contributed by atoms with Crippen LogP contribution in [-0.4, -0.2) is 41.3 Å². The van der Waals surface area contributed by atoms with Gasteiger partial charge in [0.1, 0.15) is 21.3 Å². The summed E-state index contributed by atoms with van der Waals surface area (Å²) in [5, 5.41) is 0. The largest absolute Gasteiger partial charge is 0.354 e. The predicted molar refractivity (Wildman–Crippen MR) is 209 cm³/mol. The first-order chi connectivity index (χ1) is 26.6. The summed E-state index contributed by atoms with van der Waals surface area (Å²) in [6.07, 6.45) is 19.7. The average molecular weight is 711 g/mol. The molecule has 6 aromatic heterocycles. The Morgan fingerprint density at radius 3 is 0.926 bits per heavy atom. The fraction of sp³-hybridized carbons (Fsp3) is 0.0682. The summed E-state index contributed by atoms with van der Waals surface area (Å²) >= 11 is 0. The Bertz CT molecular complexity index is 2700. The SMILES string of the molecule is CO[n+]1ccc(-c2c3nc(c(-c4cc[n+](OC)cc4)c4ccc([nH]4)c(-c4cc[n+](OC)cc4)c4nc(c(-c5ccccc5)c5ccc2[nH]5)C=C4)C=C3)cc1. The molecule has 9 rings (SSSR count). The highest BCUT2D eigenvalue weighted by molar-refractivity contribution is 5.99. The predicted octanol–water partition coefficient (Wildman–Crippen LogP) is 6.36. The van der Waals surface area contributed by atoms with Crippen molar-refractivity contribution in [2.24, 2.45) is 0 Å². The number of nitrogens with one attached hydrogen (secondary N) is 2. The normalized spacial score (nSPS) is 11.8. The van der Waals surface area contributed by atoms with Gasteiger partial charge in [-0.05, 0) is 70.8 Å². The van der Waals surface area contributed by atoms with Gasteiger partial charge in [-0.15, -0.1) is 0 Å². The molecule has 8 heterocycles. The summed E-state index contributed by atoms with van der Waals surface area (Å²) in [4.78, 5) is 34.6. The van der Waals surface area contributed by atoms with E-state index in [0.29, 0.717) is 0 Å². The van der Waals surface area contributed by atoms with Crippen molar-refractivity contribution in [2.75, 3.05) is 21.3 Å². The van der Waals surface area contributed by atoms with E-state index in [-0.39, 0.29) is 0 Å². The highest BCUT2D eigenvalue weighted by Gasteiger charge is 2.20. The zero-order valence-electron chi connectivity index (χ0n) is 29.9. The Morgan fingerprint density at radius 1 is 0.370 bits per heavy atom. The number of hydrogen-bond donors (Lipinski definition) is 2. The van der Waals surface area contributed by atoms with Crippen LogP contribution in [0, 0.1) is 0 Å².